The Kier molecular flexibility index (Phi) is 5.90. The monoisotopic (exact) mass is 412 g/mol. The number of carbonyl (C=O) groups is 2. The lowest BCUT2D eigenvalue weighted by Gasteiger charge is -2.31. The van der Waals surface area contributed by atoms with E-state index in [4.69, 9.17) is 0 Å². The Morgan fingerprint density at radius 3 is 2.69 bits per heavy atom. The predicted octanol–water partition coefficient (Wildman–Crippen LogP) is 4.77. The molecule has 2 aromatic rings. The highest BCUT2D eigenvalue weighted by Crippen LogP contribution is 2.37. The molecule has 2 aromatic carbocycles. The Bertz CT molecular complexity index is 916. The number of rotatable bonds is 4. The summed E-state index contributed by atoms with van der Waals surface area (Å²) in [6, 6.07) is 11.9. The average Bonchev–Trinajstić information content (AvgIpc) is 2.73. The van der Waals surface area contributed by atoms with E-state index in [1.54, 1.807) is 17.0 Å². The van der Waals surface area contributed by atoms with Gasteiger partial charge >= 0.3 is 0 Å². The summed E-state index contributed by atoms with van der Waals surface area (Å²) in [5.41, 5.74) is 2.17. The van der Waals surface area contributed by atoms with Crippen LogP contribution in [0.25, 0.3) is 0 Å². The molecule has 2 unspecified atom stereocenters. The first-order valence-electron chi connectivity index (χ1n) is 10.1. The van der Waals surface area contributed by atoms with E-state index < -0.39 is 0 Å². The number of benzene rings is 2. The fraction of sp³-hybridized carbons (Fsp3) is 0.391. The molecule has 2 aliphatic rings. The highest BCUT2D eigenvalue weighted by Gasteiger charge is 2.27. The summed E-state index contributed by atoms with van der Waals surface area (Å²) < 4.78 is 13.2. The van der Waals surface area contributed by atoms with Crippen molar-refractivity contribution in [3.63, 3.8) is 0 Å². The van der Waals surface area contributed by atoms with Crippen molar-refractivity contribution in [3.8, 4) is 0 Å². The van der Waals surface area contributed by atoms with Gasteiger partial charge in [-0.05, 0) is 54.7 Å². The van der Waals surface area contributed by atoms with E-state index >= 15 is 0 Å². The minimum absolute atomic E-state index is 0.00899. The van der Waals surface area contributed by atoms with Crippen molar-refractivity contribution in [2.75, 3.05) is 10.7 Å². The van der Waals surface area contributed by atoms with Gasteiger partial charge < -0.3 is 10.2 Å². The Labute approximate surface area is 174 Å². The number of anilines is 1. The molecule has 1 fully saturated rings. The molecule has 0 aromatic heterocycles. The molecule has 2 atom stereocenters. The SMILES string of the molecule is CC1CCCCC1NC(=O)c1ccc2c(c1)N(Cc1ccc(F)cc1)C(=O)CS2. The van der Waals surface area contributed by atoms with E-state index in [1.807, 2.05) is 18.2 Å². The van der Waals surface area contributed by atoms with Gasteiger partial charge in [-0.1, -0.05) is 31.9 Å². The second-order valence-corrected chi connectivity index (χ2v) is 8.94. The number of amides is 2. The molecule has 0 saturated heterocycles. The number of carbonyl (C=O) groups excluding carboxylic acids is 2. The van der Waals surface area contributed by atoms with E-state index in [9.17, 15) is 14.0 Å². The molecule has 1 aliphatic carbocycles. The Morgan fingerprint density at radius 1 is 1.17 bits per heavy atom. The van der Waals surface area contributed by atoms with Crippen LogP contribution in [0.4, 0.5) is 10.1 Å². The normalized spacial score (nSPS) is 21.6. The molecule has 152 valence electrons. The predicted molar refractivity (Wildman–Crippen MR) is 114 cm³/mol. The third-order valence-corrected chi connectivity index (χ3v) is 6.89. The van der Waals surface area contributed by atoms with Gasteiger partial charge in [-0.15, -0.1) is 11.8 Å². The fourth-order valence-electron chi connectivity index (χ4n) is 4.07. The van der Waals surface area contributed by atoms with E-state index in [2.05, 4.69) is 12.2 Å². The fourth-order valence-corrected chi connectivity index (χ4v) is 4.99. The molecule has 6 heteroatoms. The maximum absolute atomic E-state index is 13.2. The number of halogens is 1. The van der Waals surface area contributed by atoms with Crippen molar-refractivity contribution in [2.24, 2.45) is 5.92 Å². The van der Waals surface area contributed by atoms with Gasteiger partial charge in [-0.3, -0.25) is 9.59 Å². The maximum Gasteiger partial charge on any atom is 0.251 e. The summed E-state index contributed by atoms with van der Waals surface area (Å²) in [4.78, 5) is 28.1. The standard InChI is InChI=1S/C23H25FN2O2S/c1-15-4-2-3-5-19(15)25-23(28)17-8-11-21-20(12-17)26(22(27)14-29-21)13-16-6-9-18(24)10-7-16/h6-12,15,19H,2-5,13-14H2,1H3,(H,25,28). The lowest BCUT2D eigenvalue weighted by Crippen LogP contribution is -2.41. The quantitative estimate of drug-likeness (QED) is 0.787. The van der Waals surface area contributed by atoms with E-state index in [-0.39, 0.29) is 23.7 Å². The summed E-state index contributed by atoms with van der Waals surface area (Å²) in [7, 11) is 0. The molecule has 0 bridgehead atoms. The first-order valence-corrected chi connectivity index (χ1v) is 11.1. The summed E-state index contributed by atoms with van der Waals surface area (Å²) in [6.45, 7) is 2.55. The maximum atomic E-state index is 13.2. The highest BCUT2D eigenvalue weighted by molar-refractivity contribution is 8.00. The van der Waals surface area contributed by atoms with Gasteiger partial charge in [0.25, 0.3) is 5.91 Å². The molecule has 2 amide bonds. The van der Waals surface area contributed by atoms with Crippen LogP contribution in [0.5, 0.6) is 0 Å². The Hall–Kier alpha value is -2.34. The van der Waals surface area contributed by atoms with Crippen molar-refractivity contribution in [3.05, 3.63) is 59.4 Å². The molecule has 1 aliphatic heterocycles. The van der Waals surface area contributed by atoms with Crippen molar-refractivity contribution in [1.82, 2.24) is 5.32 Å². The first kappa shape index (κ1) is 20.0. The second-order valence-electron chi connectivity index (χ2n) is 7.92. The van der Waals surface area contributed by atoms with Crippen LogP contribution >= 0.6 is 11.8 Å². The molecule has 29 heavy (non-hydrogen) atoms. The minimum atomic E-state index is -0.300. The molecular formula is C23H25FN2O2S. The third kappa shape index (κ3) is 4.47. The summed E-state index contributed by atoms with van der Waals surface area (Å²) in [5.74, 6) is 0.448. The van der Waals surface area contributed by atoms with Crippen LogP contribution in [-0.4, -0.2) is 23.6 Å². The molecule has 4 rings (SSSR count). The van der Waals surface area contributed by atoms with E-state index in [0.717, 1.165) is 35.4 Å². The van der Waals surface area contributed by atoms with Crippen molar-refractivity contribution >= 4 is 29.3 Å². The average molecular weight is 413 g/mol. The summed E-state index contributed by atoms with van der Waals surface area (Å²) >= 11 is 1.49. The summed E-state index contributed by atoms with van der Waals surface area (Å²) in [6.07, 6.45) is 4.54. The molecule has 1 heterocycles. The molecule has 0 spiro atoms. The van der Waals surface area contributed by atoms with Crippen LogP contribution in [0.3, 0.4) is 0 Å². The zero-order valence-electron chi connectivity index (χ0n) is 16.5. The minimum Gasteiger partial charge on any atom is -0.349 e. The molecule has 1 N–H and O–H groups in total. The highest BCUT2D eigenvalue weighted by atomic mass is 32.2. The van der Waals surface area contributed by atoms with Crippen LogP contribution in [0, 0.1) is 11.7 Å². The Morgan fingerprint density at radius 2 is 1.93 bits per heavy atom. The number of thioether (sulfide) groups is 1. The zero-order valence-corrected chi connectivity index (χ0v) is 17.3. The van der Waals surface area contributed by atoms with Crippen molar-refractivity contribution in [2.45, 2.75) is 50.1 Å². The molecule has 1 saturated carbocycles. The molecule has 0 radical (unpaired) electrons. The van der Waals surface area contributed by atoms with Crippen molar-refractivity contribution < 1.29 is 14.0 Å². The second kappa shape index (κ2) is 8.57. The van der Waals surface area contributed by atoms with E-state index in [1.165, 1.54) is 30.3 Å². The zero-order chi connectivity index (χ0) is 20.4. The van der Waals surface area contributed by atoms with E-state index in [0.29, 0.717) is 23.8 Å². The lowest BCUT2D eigenvalue weighted by atomic mass is 9.86. The van der Waals surface area contributed by atoms with Crippen LogP contribution in [0.2, 0.25) is 0 Å². The smallest absolute Gasteiger partial charge is 0.251 e. The molecule has 4 nitrogen and oxygen atoms in total. The third-order valence-electron chi connectivity index (χ3n) is 5.85. The van der Waals surface area contributed by atoms with Gasteiger partial charge in [0.05, 0.1) is 18.0 Å². The topological polar surface area (TPSA) is 49.4 Å². The van der Waals surface area contributed by atoms with Gasteiger partial charge in [-0.2, -0.15) is 0 Å². The van der Waals surface area contributed by atoms with Gasteiger partial charge in [0, 0.05) is 16.5 Å². The number of hydrogen-bond acceptors (Lipinski definition) is 3. The van der Waals surface area contributed by atoms with Crippen LogP contribution in [-0.2, 0) is 11.3 Å². The number of nitrogens with zero attached hydrogens (tertiary/aromatic N) is 1. The largest absolute Gasteiger partial charge is 0.349 e. The van der Waals surface area contributed by atoms with Crippen LogP contribution < -0.4 is 10.2 Å². The number of hydrogen-bond donors (Lipinski definition) is 1. The van der Waals surface area contributed by atoms with Gasteiger partial charge in [0.1, 0.15) is 5.82 Å². The van der Waals surface area contributed by atoms with Crippen LogP contribution in [0.15, 0.2) is 47.4 Å². The van der Waals surface area contributed by atoms with Gasteiger partial charge in [0.2, 0.25) is 5.91 Å². The number of fused-ring (bicyclic) bond motifs is 1. The van der Waals surface area contributed by atoms with Crippen LogP contribution in [0.1, 0.15) is 48.5 Å². The number of nitrogens with one attached hydrogen (secondary N) is 1. The summed E-state index contributed by atoms with van der Waals surface area (Å²) in [5, 5.41) is 3.18. The van der Waals surface area contributed by atoms with Crippen molar-refractivity contribution in [1.29, 1.82) is 0 Å². The Balaban J connectivity index is 1.56. The first-order chi connectivity index (χ1) is 14.0. The molecular weight excluding hydrogens is 387 g/mol. The van der Waals surface area contributed by atoms with Gasteiger partial charge in [-0.25, -0.2) is 4.39 Å². The van der Waals surface area contributed by atoms with Gasteiger partial charge in [0.15, 0.2) is 0 Å². The lowest BCUT2D eigenvalue weighted by molar-refractivity contribution is -0.116.